The standard InChI is InChI=1S/C25H33N3O/c1-19-6-3-7-20(16-19)17-23-9-4-10-24(26-23)22-8-5-13-28(18-22)25(29)21-11-14-27(2)15-12-21/h3-4,6-7,9-10,16,21-22H,5,8,11-15,17-18H2,1-2H3/t22-/m1/s1. The maximum atomic E-state index is 13.1. The summed E-state index contributed by atoms with van der Waals surface area (Å²) in [6.45, 7) is 5.94. The zero-order chi connectivity index (χ0) is 20.2. The van der Waals surface area contributed by atoms with Gasteiger partial charge in [0.25, 0.3) is 0 Å². The third kappa shape index (κ3) is 5.05. The van der Waals surface area contributed by atoms with Crippen molar-refractivity contribution < 1.29 is 4.79 Å². The SMILES string of the molecule is Cc1cccc(Cc2cccc([C@@H]3CCCN(C(=O)C4CCN(C)CC4)C3)n2)c1. The highest BCUT2D eigenvalue weighted by molar-refractivity contribution is 5.79. The molecular weight excluding hydrogens is 358 g/mol. The van der Waals surface area contributed by atoms with Gasteiger partial charge in [0, 0.05) is 42.7 Å². The Morgan fingerprint density at radius 3 is 2.66 bits per heavy atom. The number of rotatable bonds is 4. The van der Waals surface area contributed by atoms with Crippen LogP contribution in [0.2, 0.25) is 0 Å². The highest BCUT2D eigenvalue weighted by Crippen LogP contribution is 2.28. The molecule has 0 N–H and O–H groups in total. The van der Waals surface area contributed by atoms with Gasteiger partial charge in [-0.3, -0.25) is 9.78 Å². The normalized spacial score (nSPS) is 21.3. The van der Waals surface area contributed by atoms with Gasteiger partial charge < -0.3 is 9.80 Å². The number of nitrogens with zero attached hydrogens (tertiary/aromatic N) is 3. The first kappa shape index (κ1) is 20.1. The fourth-order valence-corrected chi connectivity index (χ4v) is 4.79. The molecule has 0 aliphatic carbocycles. The molecule has 2 aliphatic heterocycles. The molecule has 29 heavy (non-hydrogen) atoms. The van der Waals surface area contributed by atoms with Crippen LogP contribution in [0, 0.1) is 12.8 Å². The van der Waals surface area contributed by atoms with E-state index in [4.69, 9.17) is 4.98 Å². The molecule has 0 bridgehead atoms. The lowest BCUT2D eigenvalue weighted by molar-refractivity contribution is -0.138. The van der Waals surface area contributed by atoms with Crippen LogP contribution >= 0.6 is 0 Å². The third-order valence-corrected chi connectivity index (χ3v) is 6.52. The summed E-state index contributed by atoms with van der Waals surface area (Å²) < 4.78 is 0. The molecule has 154 valence electrons. The summed E-state index contributed by atoms with van der Waals surface area (Å²) in [5.41, 5.74) is 4.86. The molecule has 2 saturated heterocycles. The highest BCUT2D eigenvalue weighted by atomic mass is 16.2. The van der Waals surface area contributed by atoms with Gasteiger partial charge in [0.15, 0.2) is 0 Å². The van der Waals surface area contributed by atoms with Crippen molar-refractivity contribution in [2.75, 3.05) is 33.2 Å². The molecule has 3 heterocycles. The van der Waals surface area contributed by atoms with E-state index < -0.39 is 0 Å². The number of likely N-dealkylation sites (tertiary alicyclic amines) is 2. The van der Waals surface area contributed by atoms with Gasteiger partial charge in [0.05, 0.1) is 0 Å². The molecule has 1 amide bonds. The number of amides is 1. The molecule has 2 fully saturated rings. The van der Waals surface area contributed by atoms with E-state index in [1.165, 1.54) is 11.1 Å². The van der Waals surface area contributed by atoms with Crippen molar-refractivity contribution in [1.82, 2.24) is 14.8 Å². The van der Waals surface area contributed by atoms with Gasteiger partial charge in [-0.25, -0.2) is 0 Å². The van der Waals surface area contributed by atoms with Crippen LogP contribution in [0.5, 0.6) is 0 Å². The first-order valence-electron chi connectivity index (χ1n) is 11.1. The van der Waals surface area contributed by atoms with Gasteiger partial charge in [-0.15, -0.1) is 0 Å². The van der Waals surface area contributed by atoms with Crippen LogP contribution in [0.1, 0.15) is 54.1 Å². The van der Waals surface area contributed by atoms with Crippen LogP contribution in [0.15, 0.2) is 42.5 Å². The summed E-state index contributed by atoms with van der Waals surface area (Å²) >= 11 is 0. The average molecular weight is 392 g/mol. The smallest absolute Gasteiger partial charge is 0.225 e. The highest BCUT2D eigenvalue weighted by Gasteiger charge is 2.31. The molecule has 0 unspecified atom stereocenters. The molecule has 4 heteroatoms. The minimum absolute atomic E-state index is 0.213. The van der Waals surface area contributed by atoms with Crippen molar-refractivity contribution in [3.63, 3.8) is 0 Å². The fourth-order valence-electron chi connectivity index (χ4n) is 4.79. The zero-order valence-corrected chi connectivity index (χ0v) is 17.8. The van der Waals surface area contributed by atoms with E-state index in [9.17, 15) is 4.79 Å². The first-order chi connectivity index (χ1) is 14.1. The summed E-state index contributed by atoms with van der Waals surface area (Å²) in [5.74, 6) is 0.945. The molecule has 1 aromatic heterocycles. The van der Waals surface area contributed by atoms with Crippen molar-refractivity contribution in [2.45, 2.75) is 44.9 Å². The summed E-state index contributed by atoms with van der Waals surface area (Å²) in [6.07, 6.45) is 5.06. The minimum atomic E-state index is 0.213. The van der Waals surface area contributed by atoms with Crippen LogP contribution < -0.4 is 0 Å². The molecule has 4 rings (SSSR count). The maximum Gasteiger partial charge on any atom is 0.225 e. The lowest BCUT2D eigenvalue weighted by Gasteiger charge is -2.37. The van der Waals surface area contributed by atoms with Crippen molar-refractivity contribution >= 4 is 5.91 Å². The molecule has 0 spiro atoms. The minimum Gasteiger partial charge on any atom is -0.342 e. The second kappa shape index (κ2) is 9.08. The number of hydrogen-bond donors (Lipinski definition) is 0. The number of piperidine rings is 2. The van der Waals surface area contributed by atoms with Gasteiger partial charge in [-0.1, -0.05) is 35.9 Å². The predicted octanol–water partition coefficient (Wildman–Crippen LogP) is 4.03. The van der Waals surface area contributed by atoms with Crippen LogP contribution in [0.25, 0.3) is 0 Å². The maximum absolute atomic E-state index is 13.1. The van der Waals surface area contributed by atoms with Crippen LogP contribution in [0.4, 0.5) is 0 Å². The number of carbonyl (C=O) groups is 1. The zero-order valence-electron chi connectivity index (χ0n) is 17.8. The lowest BCUT2D eigenvalue weighted by Crippen LogP contribution is -2.45. The van der Waals surface area contributed by atoms with Gasteiger partial charge >= 0.3 is 0 Å². The summed E-state index contributed by atoms with van der Waals surface area (Å²) in [7, 11) is 2.15. The Kier molecular flexibility index (Phi) is 6.29. The monoisotopic (exact) mass is 391 g/mol. The Labute approximate surface area is 174 Å². The van der Waals surface area contributed by atoms with Crippen LogP contribution in [-0.2, 0) is 11.2 Å². The second-order valence-corrected chi connectivity index (χ2v) is 8.92. The van der Waals surface area contributed by atoms with Crippen molar-refractivity contribution in [3.05, 3.63) is 65.0 Å². The Bertz CT molecular complexity index is 841. The fraction of sp³-hybridized carbons (Fsp3) is 0.520. The largest absolute Gasteiger partial charge is 0.342 e. The molecular formula is C25H33N3O. The van der Waals surface area contributed by atoms with Crippen molar-refractivity contribution in [1.29, 1.82) is 0 Å². The van der Waals surface area contributed by atoms with Gasteiger partial charge in [-0.05, 0) is 70.4 Å². The summed E-state index contributed by atoms with van der Waals surface area (Å²) in [6, 6.07) is 15.0. The molecule has 2 aliphatic rings. The van der Waals surface area contributed by atoms with Crippen LogP contribution in [0.3, 0.4) is 0 Å². The third-order valence-electron chi connectivity index (χ3n) is 6.52. The van der Waals surface area contributed by atoms with Gasteiger partial charge in [0.1, 0.15) is 0 Å². The van der Waals surface area contributed by atoms with E-state index in [1.807, 2.05) is 0 Å². The number of pyridine rings is 1. The number of aryl methyl sites for hydroxylation is 1. The Morgan fingerprint density at radius 1 is 1.07 bits per heavy atom. The second-order valence-electron chi connectivity index (χ2n) is 8.92. The van der Waals surface area contributed by atoms with E-state index >= 15 is 0 Å². The predicted molar refractivity (Wildman–Crippen MR) is 117 cm³/mol. The van der Waals surface area contributed by atoms with E-state index in [0.717, 1.165) is 69.7 Å². The molecule has 1 atom stereocenters. The van der Waals surface area contributed by atoms with Gasteiger partial charge in [0.2, 0.25) is 5.91 Å². The van der Waals surface area contributed by atoms with E-state index in [1.54, 1.807) is 0 Å². The van der Waals surface area contributed by atoms with Crippen molar-refractivity contribution in [3.8, 4) is 0 Å². The van der Waals surface area contributed by atoms with Gasteiger partial charge in [-0.2, -0.15) is 0 Å². The number of aromatic nitrogens is 1. The topological polar surface area (TPSA) is 36.4 Å². The molecule has 0 saturated carbocycles. The Morgan fingerprint density at radius 2 is 1.86 bits per heavy atom. The van der Waals surface area contributed by atoms with Crippen LogP contribution in [-0.4, -0.2) is 53.9 Å². The first-order valence-corrected chi connectivity index (χ1v) is 11.1. The number of hydrogen-bond acceptors (Lipinski definition) is 3. The number of carbonyl (C=O) groups excluding carboxylic acids is 1. The Hall–Kier alpha value is -2.20. The lowest BCUT2D eigenvalue weighted by atomic mass is 9.90. The van der Waals surface area contributed by atoms with E-state index in [0.29, 0.717) is 11.8 Å². The summed E-state index contributed by atoms with van der Waals surface area (Å²) in [4.78, 5) is 22.5. The van der Waals surface area contributed by atoms with E-state index in [-0.39, 0.29) is 5.92 Å². The molecule has 1 aromatic carbocycles. The summed E-state index contributed by atoms with van der Waals surface area (Å²) in [5, 5.41) is 0. The molecule has 2 aromatic rings. The van der Waals surface area contributed by atoms with Crippen molar-refractivity contribution in [2.24, 2.45) is 5.92 Å². The molecule has 0 radical (unpaired) electrons. The van der Waals surface area contributed by atoms with E-state index in [2.05, 4.69) is 66.2 Å². The Balaban J connectivity index is 1.42. The number of benzene rings is 1. The molecule has 4 nitrogen and oxygen atoms in total. The average Bonchev–Trinajstić information content (AvgIpc) is 2.74. The quantitative estimate of drug-likeness (QED) is 0.790.